The average molecular weight is 309 g/mol. The summed E-state index contributed by atoms with van der Waals surface area (Å²) in [5.41, 5.74) is 2.84. The van der Waals surface area contributed by atoms with Gasteiger partial charge in [-0.2, -0.15) is 0 Å². The summed E-state index contributed by atoms with van der Waals surface area (Å²) in [6, 6.07) is 8.92. The van der Waals surface area contributed by atoms with E-state index in [1.54, 1.807) is 6.07 Å². The average Bonchev–Trinajstić information content (AvgIpc) is 2.37. The fraction of sp³-hybridized carbons (Fsp3) is 0.214. The van der Waals surface area contributed by atoms with Crippen molar-refractivity contribution in [1.82, 2.24) is 10.3 Å². The van der Waals surface area contributed by atoms with Crippen molar-refractivity contribution >= 4 is 15.9 Å². The fourth-order valence-electron chi connectivity index (χ4n) is 1.90. The number of hydrogen-bond donors (Lipinski definition) is 1. The van der Waals surface area contributed by atoms with Crippen LogP contribution in [0.5, 0.6) is 0 Å². The van der Waals surface area contributed by atoms with Crippen molar-refractivity contribution in [3.63, 3.8) is 0 Å². The van der Waals surface area contributed by atoms with Crippen LogP contribution in [0.15, 0.2) is 41.0 Å². The molecule has 1 heterocycles. The zero-order valence-electron chi connectivity index (χ0n) is 10.2. The molecule has 0 amide bonds. The zero-order chi connectivity index (χ0) is 13.1. The van der Waals surface area contributed by atoms with E-state index in [4.69, 9.17) is 0 Å². The third-order valence-electron chi connectivity index (χ3n) is 2.85. The van der Waals surface area contributed by atoms with Gasteiger partial charge >= 0.3 is 0 Å². The summed E-state index contributed by atoms with van der Waals surface area (Å²) in [5, 5.41) is 3.19. The minimum absolute atomic E-state index is 0.0804. The summed E-state index contributed by atoms with van der Waals surface area (Å²) in [7, 11) is 1.85. The van der Waals surface area contributed by atoms with Crippen LogP contribution < -0.4 is 5.32 Å². The Balaban J connectivity index is 2.45. The quantitative estimate of drug-likeness (QED) is 0.937. The van der Waals surface area contributed by atoms with Crippen LogP contribution in [0, 0.1) is 12.7 Å². The molecule has 0 saturated heterocycles. The highest BCUT2D eigenvalue weighted by atomic mass is 79.9. The van der Waals surface area contributed by atoms with E-state index in [0.29, 0.717) is 4.47 Å². The predicted octanol–water partition coefficient (Wildman–Crippen LogP) is 3.60. The molecule has 4 heteroatoms. The van der Waals surface area contributed by atoms with E-state index < -0.39 is 0 Å². The highest BCUT2D eigenvalue weighted by Crippen LogP contribution is 2.29. The van der Waals surface area contributed by atoms with Crippen molar-refractivity contribution < 1.29 is 4.39 Å². The van der Waals surface area contributed by atoms with E-state index in [9.17, 15) is 4.39 Å². The molecule has 1 atom stereocenters. The Bertz CT molecular complexity index is 540. The zero-order valence-corrected chi connectivity index (χ0v) is 11.8. The highest BCUT2D eigenvalue weighted by Gasteiger charge is 2.17. The van der Waals surface area contributed by atoms with E-state index in [1.807, 2.05) is 38.4 Å². The molecule has 0 bridgehead atoms. The van der Waals surface area contributed by atoms with Crippen LogP contribution in [-0.4, -0.2) is 12.0 Å². The molecule has 0 aliphatic heterocycles. The number of halogens is 2. The third kappa shape index (κ3) is 2.60. The fourth-order valence-corrected chi connectivity index (χ4v) is 2.39. The largest absolute Gasteiger partial charge is 0.309 e. The summed E-state index contributed by atoms with van der Waals surface area (Å²) >= 11 is 3.30. The van der Waals surface area contributed by atoms with Gasteiger partial charge in [-0.05, 0) is 53.2 Å². The van der Waals surface area contributed by atoms with Gasteiger partial charge in [0.25, 0.3) is 0 Å². The van der Waals surface area contributed by atoms with Gasteiger partial charge in [0.1, 0.15) is 5.82 Å². The van der Waals surface area contributed by atoms with Crippen LogP contribution in [-0.2, 0) is 0 Å². The second-order valence-electron chi connectivity index (χ2n) is 4.10. The molecule has 1 aromatic carbocycles. The first-order valence-electron chi connectivity index (χ1n) is 5.67. The van der Waals surface area contributed by atoms with Crippen LogP contribution in [0.1, 0.15) is 22.9 Å². The topological polar surface area (TPSA) is 24.9 Å². The van der Waals surface area contributed by atoms with Gasteiger partial charge in [-0.1, -0.05) is 18.2 Å². The summed E-state index contributed by atoms with van der Waals surface area (Å²) in [6.45, 7) is 1.94. The van der Waals surface area contributed by atoms with Gasteiger partial charge in [-0.15, -0.1) is 0 Å². The lowest BCUT2D eigenvalue weighted by atomic mass is 10.00. The molecule has 0 aliphatic carbocycles. The maximum absolute atomic E-state index is 13.6. The molecule has 2 aromatic rings. The van der Waals surface area contributed by atoms with Crippen molar-refractivity contribution in [2.24, 2.45) is 0 Å². The minimum atomic E-state index is -0.257. The first-order chi connectivity index (χ1) is 8.63. The minimum Gasteiger partial charge on any atom is -0.309 e. The number of benzene rings is 1. The van der Waals surface area contributed by atoms with Gasteiger partial charge < -0.3 is 5.32 Å². The summed E-state index contributed by atoms with van der Waals surface area (Å²) in [4.78, 5) is 4.28. The monoisotopic (exact) mass is 308 g/mol. The summed E-state index contributed by atoms with van der Waals surface area (Å²) in [6.07, 6.45) is 1.81. The molecule has 1 N–H and O–H groups in total. The Morgan fingerprint density at radius 3 is 2.67 bits per heavy atom. The number of aryl methyl sites for hydroxylation is 1. The van der Waals surface area contributed by atoms with E-state index in [-0.39, 0.29) is 11.9 Å². The lowest BCUT2D eigenvalue weighted by Gasteiger charge is -2.18. The molecule has 1 unspecified atom stereocenters. The molecule has 2 rings (SSSR count). The summed E-state index contributed by atoms with van der Waals surface area (Å²) < 4.78 is 14.1. The maximum Gasteiger partial charge on any atom is 0.137 e. The van der Waals surface area contributed by atoms with Crippen molar-refractivity contribution in [2.45, 2.75) is 13.0 Å². The number of hydrogen-bond acceptors (Lipinski definition) is 2. The van der Waals surface area contributed by atoms with E-state index in [2.05, 4.69) is 26.2 Å². The Morgan fingerprint density at radius 2 is 2.06 bits per heavy atom. The van der Waals surface area contributed by atoms with Gasteiger partial charge in [0.05, 0.1) is 10.5 Å². The molecule has 1 aromatic heterocycles. The van der Waals surface area contributed by atoms with Crippen LogP contribution >= 0.6 is 15.9 Å². The predicted molar refractivity (Wildman–Crippen MR) is 74.0 cm³/mol. The SMILES string of the molecule is CNC(c1ccc(C)nc1)c1cccc(F)c1Br. The molecule has 18 heavy (non-hydrogen) atoms. The molecule has 0 spiro atoms. The molecular formula is C14H14BrFN2. The number of rotatable bonds is 3. The first kappa shape index (κ1) is 13.2. The van der Waals surface area contributed by atoms with Gasteiger partial charge in [0.15, 0.2) is 0 Å². The van der Waals surface area contributed by atoms with E-state index >= 15 is 0 Å². The molecule has 94 valence electrons. The first-order valence-corrected chi connectivity index (χ1v) is 6.46. The second-order valence-corrected chi connectivity index (χ2v) is 4.89. The van der Waals surface area contributed by atoms with Crippen molar-refractivity contribution in [3.8, 4) is 0 Å². The Labute approximate surface area is 114 Å². The number of pyridine rings is 1. The van der Waals surface area contributed by atoms with Crippen molar-refractivity contribution in [2.75, 3.05) is 7.05 Å². The van der Waals surface area contributed by atoms with Crippen LogP contribution in [0.3, 0.4) is 0 Å². The molecular weight excluding hydrogens is 295 g/mol. The van der Waals surface area contributed by atoms with Gasteiger partial charge in [0, 0.05) is 11.9 Å². The Morgan fingerprint density at radius 1 is 1.28 bits per heavy atom. The third-order valence-corrected chi connectivity index (χ3v) is 3.69. The van der Waals surface area contributed by atoms with Gasteiger partial charge in [0.2, 0.25) is 0 Å². The van der Waals surface area contributed by atoms with Crippen LogP contribution in [0.2, 0.25) is 0 Å². The van der Waals surface area contributed by atoms with Gasteiger partial charge in [-0.3, -0.25) is 4.98 Å². The molecule has 0 radical (unpaired) electrons. The van der Waals surface area contributed by atoms with Crippen molar-refractivity contribution in [1.29, 1.82) is 0 Å². The lowest BCUT2D eigenvalue weighted by molar-refractivity contribution is 0.608. The van der Waals surface area contributed by atoms with E-state index in [0.717, 1.165) is 16.8 Å². The molecule has 2 nitrogen and oxygen atoms in total. The molecule has 0 fully saturated rings. The number of nitrogens with one attached hydrogen (secondary N) is 1. The standard InChI is InChI=1S/C14H14BrFN2/c1-9-6-7-10(8-18-9)14(17-2)11-4-3-5-12(16)13(11)15/h3-8,14,17H,1-2H3. The van der Waals surface area contributed by atoms with E-state index in [1.165, 1.54) is 6.07 Å². The normalized spacial score (nSPS) is 12.4. The smallest absolute Gasteiger partial charge is 0.137 e. The second kappa shape index (κ2) is 5.59. The number of aromatic nitrogens is 1. The molecule has 0 saturated carbocycles. The van der Waals surface area contributed by atoms with Crippen molar-refractivity contribution in [3.05, 3.63) is 63.6 Å². The highest BCUT2D eigenvalue weighted by molar-refractivity contribution is 9.10. The van der Waals surface area contributed by atoms with Gasteiger partial charge in [-0.25, -0.2) is 4.39 Å². The van der Waals surface area contributed by atoms with Crippen LogP contribution in [0.4, 0.5) is 4.39 Å². The Hall–Kier alpha value is -1.26. The molecule has 0 aliphatic rings. The number of nitrogens with zero attached hydrogens (tertiary/aromatic N) is 1. The summed E-state index contributed by atoms with van der Waals surface area (Å²) in [5.74, 6) is -0.257. The Kier molecular flexibility index (Phi) is 4.09. The lowest BCUT2D eigenvalue weighted by Crippen LogP contribution is -2.18. The van der Waals surface area contributed by atoms with Crippen LogP contribution in [0.25, 0.3) is 0 Å². The maximum atomic E-state index is 13.6.